The Bertz CT molecular complexity index is 844. The minimum atomic E-state index is -0.154. The second kappa shape index (κ2) is 8.89. The van der Waals surface area contributed by atoms with Crippen LogP contribution >= 0.6 is 0 Å². The lowest BCUT2D eigenvalue weighted by Crippen LogP contribution is -2.23. The van der Waals surface area contributed by atoms with Crippen molar-refractivity contribution in [2.24, 2.45) is 0 Å². The molecule has 0 saturated heterocycles. The van der Waals surface area contributed by atoms with Gasteiger partial charge >= 0.3 is 0 Å². The molecule has 27 heavy (non-hydrogen) atoms. The third kappa shape index (κ3) is 5.60. The van der Waals surface area contributed by atoms with Gasteiger partial charge in [-0.3, -0.25) is 9.59 Å². The molecule has 6 nitrogen and oxygen atoms in total. The number of carbonyl (C=O) groups is 2. The van der Waals surface area contributed by atoms with Crippen LogP contribution in [-0.2, 0) is 16.0 Å². The van der Waals surface area contributed by atoms with Crippen LogP contribution in [0.5, 0.6) is 11.5 Å². The Morgan fingerprint density at radius 3 is 2.52 bits per heavy atom. The third-order valence-electron chi connectivity index (χ3n) is 3.98. The second-order valence-corrected chi connectivity index (χ2v) is 6.16. The molecule has 2 aromatic rings. The smallest absolute Gasteiger partial charge is 0.244 e. The van der Waals surface area contributed by atoms with Gasteiger partial charge in [0.2, 0.25) is 11.8 Å². The molecule has 0 radical (unpaired) electrons. The van der Waals surface area contributed by atoms with Gasteiger partial charge in [0.25, 0.3) is 0 Å². The van der Waals surface area contributed by atoms with Crippen molar-refractivity contribution in [1.82, 2.24) is 5.32 Å². The quantitative estimate of drug-likeness (QED) is 0.771. The first-order chi connectivity index (χ1) is 13.1. The molecule has 1 heterocycles. The van der Waals surface area contributed by atoms with E-state index in [1.807, 2.05) is 30.3 Å². The maximum absolute atomic E-state index is 12.0. The van der Waals surface area contributed by atoms with Crippen LogP contribution < -0.4 is 20.1 Å². The van der Waals surface area contributed by atoms with Gasteiger partial charge in [0, 0.05) is 25.2 Å². The summed E-state index contributed by atoms with van der Waals surface area (Å²) in [6, 6.07) is 13.1. The molecular weight excluding hydrogens is 344 g/mol. The van der Waals surface area contributed by atoms with E-state index in [2.05, 4.69) is 10.6 Å². The van der Waals surface area contributed by atoms with Crippen molar-refractivity contribution < 1.29 is 19.1 Å². The fourth-order valence-corrected chi connectivity index (χ4v) is 2.68. The molecule has 2 aromatic carbocycles. The van der Waals surface area contributed by atoms with Crippen LogP contribution in [0.15, 0.2) is 48.5 Å². The van der Waals surface area contributed by atoms with Gasteiger partial charge in [0.15, 0.2) is 11.5 Å². The number of hydrogen-bond acceptors (Lipinski definition) is 4. The Morgan fingerprint density at radius 2 is 1.78 bits per heavy atom. The molecule has 2 N–H and O–H groups in total. The fourth-order valence-electron chi connectivity index (χ4n) is 2.68. The van der Waals surface area contributed by atoms with E-state index in [1.165, 1.54) is 13.0 Å². The van der Waals surface area contributed by atoms with E-state index < -0.39 is 0 Å². The number of amides is 2. The van der Waals surface area contributed by atoms with E-state index in [0.717, 1.165) is 28.3 Å². The van der Waals surface area contributed by atoms with E-state index in [4.69, 9.17) is 9.47 Å². The number of ether oxygens (including phenoxy) is 2. The third-order valence-corrected chi connectivity index (χ3v) is 3.98. The number of anilines is 1. The monoisotopic (exact) mass is 366 g/mol. The van der Waals surface area contributed by atoms with Crippen LogP contribution in [-0.4, -0.2) is 31.6 Å². The summed E-state index contributed by atoms with van der Waals surface area (Å²) in [5.74, 6) is 1.25. The molecule has 0 bridgehead atoms. The lowest BCUT2D eigenvalue weighted by molar-refractivity contribution is -0.116. The summed E-state index contributed by atoms with van der Waals surface area (Å²) >= 11 is 0. The number of nitrogens with one attached hydrogen (secondary N) is 2. The number of rotatable bonds is 6. The SMILES string of the molecule is CC(=O)Nc1ccc(C=CC(=O)NCCc2ccc3c(c2)OCCO3)cc1. The highest BCUT2D eigenvalue weighted by molar-refractivity contribution is 5.92. The Kier molecular flexibility index (Phi) is 6.10. The largest absolute Gasteiger partial charge is 0.486 e. The molecule has 140 valence electrons. The minimum Gasteiger partial charge on any atom is -0.486 e. The van der Waals surface area contributed by atoms with E-state index in [1.54, 1.807) is 18.2 Å². The van der Waals surface area contributed by atoms with Gasteiger partial charge in [-0.2, -0.15) is 0 Å². The highest BCUT2D eigenvalue weighted by atomic mass is 16.6. The average Bonchev–Trinajstić information content (AvgIpc) is 2.67. The number of benzene rings is 2. The van der Waals surface area contributed by atoms with Crippen LogP contribution in [0.3, 0.4) is 0 Å². The number of fused-ring (bicyclic) bond motifs is 1. The van der Waals surface area contributed by atoms with Gasteiger partial charge in [-0.25, -0.2) is 0 Å². The van der Waals surface area contributed by atoms with E-state index >= 15 is 0 Å². The zero-order chi connectivity index (χ0) is 19.1. The Labute approximate surface area is 158 Å². The topological polar surface area (TPSA) is 76.7 Å². The van der Waals surface area contributed by atoms with Crippen molar-refractivity contribution in [3.63, 3.8) is 0 Å². The van der Waals surface area contributed by atoms with Crippen LogP contribution in [0.2, 0.25) is 0 Å². The molecular formula is C21H22N2O4. The van der Waals surface area contributed by atoms with Crippen molar-refractivity contribution in [3.05, 3.63) is 59.7 Å². The van der Waals surface area contributed by atoms with E-state index in [0.29, 0.717) is 26.2 Å². The maximum Gasteiger partial charge on any atom is 0.244 e. The molecule has 0 atom stereocenters. The van der Waals surface area contributed by atoms with Crippen molar-refractivity contribution in [2.75, 3.05) is 25.1 Å². The lowest BCUT2D eigenvalue weighted by Gasteiger charge is -2.18. The van der Waals surface area contributed by atoms with Gasteiger partial charge in [-0.1, -0.05) is 18.2 Å². The average molecular weight is 366 g/mol. The van der Waals surface area contributed by atoms with Crippen molar-refractivity contribution >= 4 is 23.6 Å². The van der Waals surface area contributed by atoms with Crippen LogP contribution in [0, 0.1) is 0 Å². The fraction of sp³-hybridized carbons (Fsp3) is 0.238. The molecule has 0 spiro atoms. The first-order valence-corrected chi connectivity index (χ1v) is 8.82. The highest BCUT2D eigenvalue weighted by Gasteiger charge is 2.11. The summed E-state index contributed by atoms with van der Waals surface area (Å²) in [7, 11) is 0. The maximum atomic E-state index is 12.0. The number of carbonyl (C=O) groups excluding carboxylic acids is 2. The van der Waals surface area contributed by atoms with Crippen LogP contribution in [0.4, 0.5) is 5.69 Å². The summed E-state index contributed by atoms with van der Waals surface area (Å²) < 4.78 is 11.1. The van der Waals surface area contributed by atoms with E-state index in [-0.39, 0.29) is 11.8 Å². The summed E-state index contributed by atoms with van der Waals surface area (Å²) in [4.78, 5) is 22.9. The summed E-state index contributed by atoms with van der Waals surface area (Å²) in [5.41, 5.74) is 2.69. The summed E-state index contributed by atoms with van der Waals surface area (Å²) in [6.07, 6.45) is 3.94. The highest BCUT2D eigenvalue weighted by Crippen LogP contribution is 2.30. The standard InChI is InChI=1S/C21H22N2O4/c1-15(24)23-18-6-2-16(3-7-18)5-9-21(25)22-11-10-17-4-8-19-20(14-17)27-13-12-26-19/h2-9,14H,10-13H2,1H3,(H,22,25)(H,23,24). The van der Waals surface area contributed by atoms with Gasteiger partial charge < -0.3 is 20.1 Å². The molecule has 3 rings (SSSR count). The molecule has 0 saturated carbocycles. The van der Waals surface area contributed by atoms with Gasteiger partial charge in [0.1, 0.15) is 13.2 Å². The first-order valence-electron chi connectivity index (χ1n) is 8.82. The molecule has 2 amide bonds. The van der Waals surface area contributed by atoms with E-state index in [9.17, 15) is 9.59 Å². The van der Waals surface area contributed by atoms with Crippen molar-refractivity contribution in [2.45, 2.75) is 13.3 Å². The molecule has 0 fully saturated rings. The minimum absolute atomic E-state index is 0.115. The van der Waals surface area contributed by atoms with Crippen LogP contribution in [0.25, 0.3) is 6.08 Å². The van der Waals surface area contributed by atoms with Crippen LogP contribution in [0.1, 0.15) is 18.1 Å². The molecule has 0 aromatic heterocycles. The zero-order valence-electron chi connectivity index (χ0n) is 15.2. The lowest BCUT2D eigenvalue weighted by atomic mass is 10.1. The van der Waals surface area contributed by atoms with Gasteiger partial charge in [-0.05, 0) is 47.9 Å². The summed E-state index contributed by atoms with van der Waals surface area (Å²) in [6.45, 7) is 3.13. The Balaban J connectivity index is 1.45. The second-order valence-electron chi connectivity index (χ2n) is 6.16. The molecule has 0 aliphatic carbocycles. The molecule has 0 unspecified atom stereocenters. The predicted molar refractivity (Wildman–Crippen MR) is 104 cm³/mol. The van der Waals surface area contributed by atoms with Gasteiger partial charge in [0.05, 0.1) is 0 Å². The first kappa shape index (κ1) is 18.5. The molecule has 1 aliphatic rings. The van der Waals surface area contributed by atoms with Crippen molar-refractivity contribution in [1.29, 1.82) is 0 Å². The molecule has 6 heteroatoms. The normalized spacial score (nSPS) is 12.6. The summed E-state index contributed by atoms with van der Waals surface area (Å²) in [5, 5.41) is 5.56. The number of hydrogen-bond donors (Lipinski definition) is 2. The zero-order valence-corrected chi connectivity index (χ0v) is 15.2. The predicted octanol–water partition coefficient (Wildman–Crippen LogP) is 2.79. The van der Waals surface area contributed by atoms with Gasteiger partial charge in [-0.15, -0.1) is 0 Å². The Morgan fingerprint density at radius 1 is 1.04 bits per heavy atom. The van der Waals surface area contributed by atoms with Crippen molar-refractivity contribution in [3.8, 4) is 11.5 Å². The molecule has 1 aliphatic heterocycles. The Hall–Kier alpha value is -3.28.